The zero-order valence-electron chi connectivity index (χ0n) is 10.1. The SMILES string of the molecule is Nc1ccc(OCC(=O)OCC2CCOC2)cc1. The van der Waals surface area contributed by atoms with Crippen LogP contribution < -0.4 is 10.5 Å². The van der Waals surface area contributed by atoms with Gasteiger partial charge in [0.05, 0.1) is 13.2 Å². The topological polar surface area (TPSA) is 70.8 Å². The summed E-state index contributed by atoms with van der Waals surface area (Å²) in [6.07, 6.45) is 0.950. The largest absolute Gasteiger partial charge is 0.482 e. The van der Waals surface area contributed by atoms with Crippen molar-refractivity contribution in [3.8, 4) is 5.75 Å². The number of benzene rings is 1. The zero-order chi connectivity index (χ0) is 12.8. The summed E-state index contributed by atoms with van der Waals surface area (Å²) in [7, 11) is 0. The lowest BCUT2D eigenvalue weighted by molar-refractivity contribution is -0.147. The smallest absolute Gasteiger partial charge is 0.344 e. The number of nitrogen functional groups attached to an aromatic ring is 1. The van der Waals surface area contributed by atoms with Crippen molar-refractivity contribution >= 4 is 11.7 Å². The molecule has 2 N–H and O–H groups in total. The molecule has 5 nitrogen and oxygen atoms in total. The summed E-state index contributed by atoms with van der Waals surface area (Å²) in [4.78, 5) is 11.4. The fraction of sp³-hybridized carbons (Fsp3) is 0.462. The number of hydrogen-bond acceptors (Lipinski definition) is 5. The Morgan fingerprint density at radius 1 is 1.39 bits per heavy atom. The molecule has 1 aliphatic heterocycles. The zero-order valence-corrected chi connectivity index (χ0v) is 10.1. The van der Waals surface area contributed by atoms with Crippen molar-refractivity contribution in [2.75, 3.05) is 32.2 Å². The van der Waals surface area contributed by atoms with Crippen molar-refractivity contribution in [2.24, 2.45) is 5.92 Å². The van der Waals surface area contributed by atoms with E-state index < -0.39 is 0 Å². The molecule has 0 saturated carbocycles. The van der Waals surface area contributed by atoms with Crippen molar-refractivity contribution in [3.05, 3.63) is 24.3 Å². The van der Waals surface area contributed by atoms with E-state index in [0.717, 1.165) is 13.0 Å². The molecule has 98 valence electrons. The van der Waals surface area contributed by atoms with Crippen molar-refractivity contribution in [1.82, 2.24) is 0 Å². The van der Waals surface area contributed by atoms with Crippen molar-refractivity contribution in [2.45, 2.75) is 6.42 Å². The molecular formula is C13H17NO4. The number of ether oxygens (including phenoxy) is 3. The van der Waals surface area contributed by atoms with E-state index in [9.17, 15) is 4.79 Å². The summed E-state index contributed by atoms with van der Waals surface area (Å²) in [5, 5.41) is 0. The molecular weight excluding hydrogens is 234 g/mol. The van der Waals surface area contributed by atoms with Crippen LogP contribution in [0.2, 0.25) is 0 Å². The second kappa shape index (κ2) is 6.26. The predicted octanol–water partition coefficient (Wildman–Crippen LogP) is 1.23. The molecule has 1 fully saturated rings. The van der Waals surface area contributed by atoms with Crippen LogP contribution in [0.25, 0.3) is 0 Å². The number of carbonyl (C=O) groups excluding carboxylic acids is 1. The highest BCUT2D eigenvalue weighted by molar-refractivity contribution is 5.71. The third kappa shape index (κ3) is 3.92. The summed E-state index contributed by atoms with van der Waals surface area (Å²) in [5.41, 5.74) is 6.20. The van der Waals surface area contributed by atoms with E-state index in [4.69, 9.17) is 19.9 Å². The number of carbonyl (C=O) groups is 1. The van der Waals surface area contributed by atoms with Gasteiger partial charge in [-0.2, -0.15) is 0 Å². The first kappa shape index (κ1) is 12.7. The average molecular weight is 251 g/mol. The van der Waals surface area contributed by atoms with Crippen molar-refractivity contribution in [3.63, 3.8) is 0 Å². The van der Waals surface area contributed by atoms with Crippen LogP contribution in [0.4, 0.5) is 5.69 Å². The molecule has 0 aromatic heterocycles. The van der Waals surface area contributed by atoms with Gasteiger partial charge in [0.15, 0.2) is 6.61 Å². The lowest BCUT2D eigenvalue weighted by atomic mass is 10.1. The van der Waals surface area contributed by atoms with E-state index in [2.05, 4.69) is 0 Å². The predicted molar refractivity (Wildman–Crippen MR) is 66.2 cm³/mol. The van der Waals surface area contributed by atoms with Gasteiger partial charge in [-0.25, -0.2) is 4.79 Å². The first-order chi connectivity index (χ1) is 8.74. The van der Waals surface area contributed by atoms with E-state index in [1.165, 1.54) is 0 Å². The fourth-order valence-electron chi connectivity index (χ4n) is 1.67. The molecule has 0 bridgehead atoms. The van der Waals surface area contributed by atoms with Crippen LogP contribution in [0, 0.1) is 5.92 Å². The van der Waals surface area contributed by atoms with Gasteiger partial charge in [0, 0.05) is 18.2 Å². The Balaban J connectivity index is 1.66. The Hall–Kier alpha value is -1.75. The van der Waals surface area contributed by atoms with Crippen LogP contribution >= 0.6 is 0 Å². The van der Waals surface area contributed by atoms with Gasteiger partial charge in [0.25, 0.3) is 0 Å². The maximum absolute atomic E-state index is 11.4. The third-order valence-electron chi connectivity index (χ3n) is 2.74. The molecule has 0 radical (unpaired) electrons. The standard InChI is InChI=1S/C13H17NO4/c14-11-1-3-12(4-2-11)17-9-13(15)18-8-10-5-6-16-7-10/h1-4,10H,5-9,14H2. The van der Waals surface area contributed by atoms with Crippen LogP contribution in [-0.2, 0) is 14.3 Å². The quantitative estimate of drug-likeness (QED) is 0.629. The normalized spacial score (nSPS) is 18.6. The van der Waals surface area contributed by atoms with Gasteiger partial charge >= 0.3 is 5.97 Å². The average Bonchev–Trinajstić information content (AvgIpc) is 2.89. The fourth-order valence-corrected chi connectivity index (χ4v) is 1.67. The molecule has 5 heteroatoms. The Labute approximate surface area is 106 Å². The van der Waals surface area contributed by atoms with Gasteiger partial charge in [0.1, 0.15) is 5.75 Å². The molecule has 18 heavy (non-hydrogen) atoms. The molecule has 1 aromatic rings. The van der Waals surface area contributed by atoms with Gasteiger partial charge in [-0.3, -0.25) is 0 Å². The Morgan fingerprint density at radius 3 is 2.83 bits per heavy atom. The summed E-state index contributed by atoms with van der Waals surface area (Å²) in [6, 6.07) is 6.87. The lowest BCUT2D eigenvalue weighted by Crippen LogP contribution is -2.19. The molecule has 0 aliphatic carbocycles. The highest BCUT2D eigenvalue weighted by Gasteiger charge is 2.17. The highest BCUT2D eigenvalue weighted by Crippen LogP contribution is 2.14. The molecule has 2 rings (SSSR count). The minimum Gasteiger partial charge on any atom is -0.482 e. The maximum atomic E-state index is 11.4. The maximum Gasteiger partial charge on any atom is 0.344 e. The van der Waals surface area contributed by atoms with Gasteiger partial charge in [-0.05, 0) is 30.7 Å². The molecule has 1 saturated heterocycles. The van der Waals surface area contributed by atoms with E-state index in [1.807, 2.05) is 0 Å². The first-order valence-electron chi connectivity index (χ1n) is 5.96. The minimum atomic E-state index is -0.362. The van der Waals surface area contributed by atoms with Crippen LogP contribution in [0.3, 0.4) is 0 Å². The van der Waals surface area contributed by atoms with Crippen molar-refractivity contribution in [1.29, 1.82) is 0 Å². The Kier molecular flexibility index (Phi) is 4.41. The van der Waals surface area contributed by atoms with E-state index >= 15 is 0 Å². The monoisotopic (exact) mass is 251 g/mol. The molecule has 1 unspecified atom stereocenters. The second-order valence-electron chi connectivity index (χ2n) is 4.27. The highest BCUT2D eigenvalue weighted by atomic mass is 16.6. The third-order valence-corrected chi connectivity index (χ3v) is 2.74. The van der Waals surface area contributed by atoms with Gasteiger partial charge in [-0.15, -0.1) is 0 Å². The lowest BCUT2D eigenvalue weighted by Gasteiger charge is -2.09. The van der Waals surface area contributed by atoms with E-state index in [-0.39, 0.29) is 12.6 Å². The van der Waals surface area contributed by atoms with E-state index in [1.54, 1.807) is 24.3 Å². The molecule has 0 spiro atoms. The van der Waals surface area contributed by atoms with Crippen molar-refractivity contribution < 1.29 is 19.0 Å². The number of rotatable bonds is 5. The first-order valence-corrected chi connectivity index (χ1v) is 5.96. The summed E-state index contributed by atoms with van der Waals surface area (Å²) in [6.45, 7) is 1.75. The molecule has 1 heterocycles. The number of esters is 1. The van der Waals surface area contributed by atoms with Crippen LogP contribution in [-0.4, -0.2) is 32.4 Å². The summed E-state index contributed by atoms with van der Waals surface area (Å²) < 4.78 is 15.6. The second-order valence-corrected chi connectivity index (χ2v) is 4.27. The number of nitrogens with two attached hydrogens (primary N) is 1. The minimum absolute atomic E-state index is 0.0858. The number of anilines is 1. The summed E-state index contributed by atoms with van der Waals surface area (Å²) in [5.74, 6) is 0.564. The van der Waals surface area contributed by atoms with Crippen LogP contribution in [0.1, 0.15) is 6.42 Å². The Bertz CT molecular complexity index is 384. The molecule has 0 amide bonds. The van der Waals surface area contributed by atoms with Crippen LogP contribution in [0.15, 0.2) is 24.3 Å². The molecule has 1 atom stereocenters. The summed E-state index contributed by atoms with van der Waals surface area (Å²) >= 11 is 0. The van der Waals surface area contributed by atoms with E-state index in [0.29, 0.717) is 30.6 Å². The molecule has 1 aliphatic rings. The number of hydrogen-bond donors (Lipinski definition) is 1. The molecule has 1 aromatic carbocycles. The Morgan fingerprint density at radius 2 is 2.17 bits per heavy atom. The van der Waals surface area contributed by atoms with Gasteiger partial charge in [0.2, 0.25) is 0 Å². The van der Waals surface area contributed by atoms with Gasteiger partial charge in [-0.1, -0.05) is 0 Å². The van der Waals surface area contributed by atoms with Gasteiger partial charge < -0.3 is 19.9 Å². The van der Waals surface area contributed by atoms with Crippen LogP contribution in [0.5, 0.6) is 5.75 Å².